The molecular weight excluding hydrogens is 329 g/mol. The van der Waals surface area contributed by atoms with Gasteiger partial charge in [-0.25, -0.2) is 14.8 Å². The molecule has 9 nitrogen and oxygen atoms in total. The minimum Gasteiger partial charge on any atom is -0.462 e. The molecule has 0 aliphatic carbocycles. The van der Waals surface area contributed by atoms with Crippen molar-refractivity contribution in [2.24, 2.45) is 0 Å². The lowest BCUT2D eigenvalue weighted by molar-refractivity contribution is 0.0524. The van der Waals surface area contributed by atoms with E-state index >= 15 is 0 Å². The molecule has 0 bridgehead atoms. The second-order valence-corrected chi connectivity index (χ2v) is 5.20. The molecule has 2 N–H and O–H groups in total. The van der Waals surface area contributed by atoms with Crippen molar-refractivity contribution in [1.29, 1.82) is 0 Å². The highest BCUT2D eigenvalue weighted by molar-refractivity contribution is 6.58. The molecule has 0 aliphatic rings. The highest BCUT2D eigenvalue weighted by Crippen LogP contribution is 2.12. The number of carbonyl (C=O) groups excluding carboxylic acids is 1. The maximum Gasteiger partial charge on any atom is 0.490 e. The third-order valence-electron chi connectivity index (χ3n) is 3.54. The number of ether oxygens (including phenoxy) is 1. The average molecular weight is 343 g/mol. The molecule has 0 amide bonds. The van der Waals surface area contributed by atoms with Crippen molar-refractivity contribution in [3.8, 4) is 0 Å². The fourth-order valence-corrected chi connectivity index (χ4v) is 2.39. The fourth-order valence-electron chi connectivity index (χ4n) is 2.39. The van der Waals surface area contributed by atoms with E-state index in [4.69, 9.17) is 9.15 Å². The Balaban J connectivity index is 2.23. The molecule has 10 heteroatoms. The van der Waals surface area contributed by atoms with E-state index < -0.39 is 18.5 Å². The summed E-state index contributed by atoms with van der Waals surface area (Å²) in [5.41, 5.74) is -0.479. The van der Waals surface area contributed by atoms with Gasteiger partial charge in [0, 0.05) is 17.9 Å². The molecule has 3 heterocycles. The molecule has 0 aromatic carbocycles. The van der Waals surface area contributed by atoms with E-state index in [1.165, 1.54) is 35.6 Å². The van der Waals surface area contributed by atoms with Crippen LogP contribution in [0, 0.1) is 0 Å². The zero-order chi connectivity index (χ0) is 18.0. The molecule has 0 saturated carbocycles. The molecule has 3 aromatic heterocycles. The summed E-state index contributed by atoms with van der Waals surface area (Å²) in [4.78, 5) is 32.7. The first kappa shape index (κ1) is 16.9. The van der Waals surface area contributed by atoms with Crippen LogP contribution in [0.25, 0.3) is 11.0 Å². The van der Waals surface area contributed by atoms with Crippen LogP contribution < -0.4 is 10.9 Å². The third-order valence-corrected chi connectivity index (χ3v) is 3.54. The lowest BCUT2D eigenvalue weighted by Crippen LogP contribution is -2.31. The minimum absolute atomic E-state index is 0.0387. The van der Waals surface area contributed by atoms with Gasteiger partial charge in [0.15, 0.2) is 6.39 Å². The van der Waals surface area contributed by atoms with E-state index in [-0.39, 0.29) is 35.2 Å². The molecule has 0 spiro atoms. The van der Waals surface area contributed by atoms with E-state index in [2.05, 4.69) is 9.97 Å². The van der Waals surface area contributed by atoms with Crippen LogP contribution in [-0.2, 0) is 11.3 Å². The summed E-state index contributed by atoms with van der Waals surface area (Å²) in [5.74, 6) is -0.275. The van der Waals surface area contributed by atoms with Crippen LogP contribution in [0.1, 0.15) is 23.0 Å². The van der Waals surface area contributed by atoms with Gasteiger partial charge in [0.05, 0.1) is 24.7 Å². The maximum atomic E-state index is 12.6. The quantitative estimate of drug-likeness (QED) is 0.459. The van der Waals surface area contributed by atoms with Gasteiger partial charge in [0.1, 0.15) is 17.0 Å². The summed E-state index contributed by atoms with van der Waals surface area (Å²) < 4.78 is 11.6. The highest BCUT2D eigenvalue weighted by atomic mass is 16.5. The predicted octanol–water partition coefficient (Wildman–Crippen LogP) is -0.711. The minimum atomic E-state index is -1.79. The lowest BCUT2D eigenvalue weighted by Gasteiger charge is -2.12. The fraction of sp³-hybridized carbons (Fsp3) is 0.200. The molecule has 3 aromatic rings. The number of esters is 1. The van der Waals surface area contributed by atoms with Gasteiger partial charge in [-0.3, -0.25) is 4.79 Å². The number of oxazole rings is 1. The van der Waals surface area contributed by atoms with Crippen LogP contribution >= 0.6 is 0 Å². The molecule has 0 aliphatic heterocycles. The van der Waals surface area contributed by atoms with E-state index in [0.29, 0.717) is 5.76 Å². The number of carbonyl (C=O) groups is 1. The number of fused-ring (bicyclic) bond motifs is 1. The average Bonchev–Trinajstić information content (AvgIpc) is 3.10. The summed E-state index contributed by atoms with van der Waals surface area (Å²) in [6.07, 6.45) is 5.35. The number of pyridine rings is 2. The zero-order valence-corrected chi connectivity index (χ0v) is 13.2. The summed E-state index contributed by atoms with van der Waals surface area (Å²) in [6, 6.07) is 1.29. The van der Waals surface area contributed by atoms with Gasteiger partial charge >= 0.3 is 13.1 Å². The molecule has 0 atom stereocenters. The number of rotatable bonds is 5. The van der Waals surface area contributed by atoms with Gasteiger partial charge in [0.2, 0.25) is 5.43 Å². The van der Waals surface area contributed by atoms with Crippen molar-refractivity contribution >= 4 is 29.6 Å². The number of aromatic nitrogens is 3. The zero-order valence-electron chi connectivity index (χ0n) is 13.2. The summed E-state index contributed by atoms with van der Waals surface area (Å²) in [7, 11) is -1.79. The molecule has 0 unspecified atom stereocenters. The molecule has 3 rings (SSSR count). The van der Waals surface area contributed by atoms with Gasteiger partial charge in [0.25, 0.3) is 0 Å². The Kier molecular flexibility index (Phi) is 4.64. The van der Waals surface area contributed by atoms with Gasteiger partial charge in [-0.05, 0) is 13.0 Å². The first-order chi connectivity index (χ1) is 12.0. The maximum absolute atomic E-state index is 12.6. The smallest absolute Gasteiger partial charge is 0.462 e. The van der Waals surface area contributed by atoms with E-state index in [9.17, 15) is 19.6 Å². The Bertz CT molecular complexity index is 967. The highest BCUT2D eigenvalue weighted by Gasteiger charge is 2.20. The van der Waals surface area contributed by atoms with Crippen LogP contribution in [0.15, 0.2) is 40.3 Å². The van der Waals surface area contributed by atoms with Gasteiger partial charge < -0.3 is 23.8 Å². The number of nitrogens with zero attached hydrogens (tertiary/aromatic N) is 3. The molecule has 0 fully saturated rings. The van der Waals surface area contributed by atoms with Crippen molar-refractivity contribution in [3.05, 3.63) is 52.6 Å². The van der Waals surface area contributed by atoms with E-state index in [1.807, 2.05) is 0 Å². The normalized spacial score (nSPS) is 10.8. The van der Waals surface area contributed by atoms with Gasteiger partial charge in [-0.15, -0.1) is 0 Å². The van der Waals surface area contributed by atoms with Crippen molar-refractivity contribution < 1.29 is 24.0 Å². The Hall–Kier alpha value is -2.98. The van der Waals surface area contributed by atoms with E-state index in [1.54, 1.807) is 6.92 Å². The second kappa shape index (κ2) is 6.87. The first-order valence-electron chi connectivity index (χ1n) is 7.45. The summed E-state index contributed by atoms with van der Waals surface area (Å²) in [5, 5.41) is 18.7. The standard InChI is InChI=1S/C15H14BN3O6/c1-2-24-15(21)12-7-19(6-10-5-17-8-25-10)14-11(13(12)20)3-9(4-18-14)16(22)23/h3-5,7-8,22-23H,2,6H2,1H3. The van der Waals surface area contributed by atoms with Gasteiger partial charge in [-0.2, -0.15) is 0 Å². The Morgan fingerprint density at radius 1 is 1.40 bits per heavy atom. The Labute approximate surface area is 141 Å². The van der Waals surface area contributed by atoms with Crippen LogP contribution in [0.4, 0.5) is 0 Å². The van der Waals surface area contributed by atoms with Crippen LogP contribution in [0.2, 0.25) is 0 Å². The molecule has 0 saturated heterocycles. The monoisotopic (exact) mass is 343 g/mol. The second-order valence-electron chi connectivity index (χ2n) is 5.20. The largest absolute Gasteiger partial charge is 0.490 e. The SMILES string of the molecule is CCOC(=O)c1cn(Cc2cnco2)c2ncc(B(O)O)cc2c1=O. The predicted molar refractivity (Wildman–Crippen MR) is 87.4 cm³/mol. The van der Waals surface area contributed by atoms with Crippen molar-refractivity contribution in [2.45, 2.75) is 13.5 Å². The van der Waals surface area contributed by atoms with Crippen molar-refractivity contribution in [2.75, 3.05) is 6.61 Å². The summed E-state index contributed by atoms with van der Waals surface area (Å²) in [6.45, 7) is 1.93. The molecular formula is C15H14BN3O6. The van der Waals surface area contributed by atoms with Crippen LogP contribution in [-0.4, -0.2) is 44.3 Å². The first-order valence-corrected chi connectivity index (χ1v) is 7.45. The van der Waals surface area contributed by atoms with E-state index in [0.717, 1.165) is 0 Å². The Morgan fingerprint density at radius 3 is 2.84 bits per heavy atom. The number of hydrogen-bond acceptors (Lipinski definition) is 8. The number of hydrogen-bond donors (Lipinski definition) is 2. The molecule has 0 radical (unpaired) electrons. The van der Waals surface area contributed by atoms with Crippen LogP contribution in [0.5, 0.6) is 0 Å². The van der Waals surface area contributed by atoms with Crippen molar-refractivity contribution in [1.82, 2.24) is 14.5 Å². The lowest BCUT2D eigenvalue weighted by atomic mass is 9.81. The summed E-state index contributed by atoms with van der Waals surface area (Å²) >= 11 is 0. The van der Waals surface area contributed by atoms with Gasteiger partial charge in [-0.1, -0.05) is 0 Å². The third kappa shape index (κ3) is 3.30. The van der Waals surface area contributed by atoms with Crippen molar-refractivity contribution in [3.63, 3.8) is 0 Å². The topological polar surface area (TPSA) is 128 Å². The van der Waals surface area contributed by atoms with Crippen LogP contribution in [0.3, 0.4) is 0 Å². The Morgan fingerprint density at radius 2 is 2.20 bits per heavy atom. The molecule has 25 heavy (non-hydrogen) atoms. The molecule has 128 valence electrons.